The predicted molar refractivity (Wildman–Crippen MR) is 67.1 cm³/mol. The summed E-state index contributed by atoms with van der Waals surface area (Å²) in [6, 6.07) is 2.71. The predicted octanol–water partition coefficient (Wildman–Crippen LogP) is 1.12. The van der Waals surface area contributed by atoms with Gasteiger partial charge in [0.2, 0.25) is 0 Å². The summed E-state index contributed by atoms with van der Waals surface area (Å²) in [5, 5.41) is 0. The molecule has 0 aliphatic rings. The van der Waals surface area contributed by atoms with Gasteiger partial charge >= 0.3 is 11.9 Å². The van der Waals surface area contributed by atoms with E-state index in [1.165, 1.54) is 26.2 Å². The second-order valence-corrected chi connectivity index (χ2v) is 3.65. The van der Waals surface area contributed by atoms with E-state index >= 15 is 0 Å². The number of nitrogen functional groups attached to an aromatic ring is 2. The number of hydrogen-bond acceptors (Lipinski definition) is 6. The van der Waals surface area contributed by atoms with Crippen LogP contribution in [0.2, 0.25) is 0 Å². The number of hydrogen-bond donors (Lipinski definition) is 2. The van der Waals surface area contributed by atoms with Crippen molar-refractivity contribution in [1.29, 1.82) is 0 Å². The van der Waals surface area contributed by atoms with Crippen LogP contribution < -0.4 is 16.2 Å². The van der Waals surface area contributed by atoms with E-state index in [4.69, 9.17) is 16.2 Å². The van der Waals surface area contributed by atoms with Crippen LogP contribution in [0.3, 0.4) is 0 Å². The zero-order chi connectivity index (χ0) is 13.9. The molecule has 0 radical (unpaired) electrons. The highest BCUT2D eigenvalue weighted by Crippen LogP contribution is 2.30. The third-order valence-corrected chi connectivity index (χ3v) is 2.09. The van der Waals surface area contributed by atoms with Gasteiger partial charge in [0.15, 0.2) is 5.75 Å². The van der Waals surface area contributed by atoms with E-state index < -0.39 is 11.9 Å². The van der Waals surface area contributed by atoms with Crippen molar-refractivity contribution in [2.75, 3.05) is 18.6 Å². The van der Waals surface area contributed by atoms with Gasteiger partial charge in [0.1, 0.15) is 5.56 Å². The summed E-state index contributed by atoms with van der Waals surface area (Å²) in [5.74, 6) is -1.46. The quantitative estimate of drug-likeness (QED) is 0.360. The topological polar surface area (TPSA) is 105 Å². The van der Waals surface area contributed by atoms with Gasteiger partial charge < -0.3 is 20.9 Å². The van der Waals surface area contributed by atoms with Gasteiger partial charge in [-0.1, -0.05) is 6.58 Å². The Morgan fingerprint density at radius 2 is 1.89 bits per heavy atom. The maximum Gasteiger partial charge on any atom is 0.341 e. The number of ether oxygens (including phenoxy) is 2. The minimum Gasteiger partial charge on any atom is -0.465 e. The molecule has 0 atom stereocenters. The van der Waals surface area contributed by atoms with E-state index in [0.717, 1.165) is 0 Å². The second-order valence-electron chi connectivity index (χ2n) is 3.65. The first kappa shape index (κ1) is 13.6. The molecule has 0 spiro atoms. The summed E-state index contributed by atoms with van der Waals surface area (Å²) >= 11 is 0. The molecule has 0 unspecified atom stereocenters. The minimum atomic E-state index is -0.696. The van der Waals surface area contributed by atoms with Crippen molar-refractivity contribution < 1.29 is 19.1 Å². The number of benzene rings is 1. The molecule has 0 saturated carbocycles. The fourth-order valence-electron chi connectivity index (χ4n) is 1.23. The van der Waals surface area contributed by atoms with Crippen LogP contribution >= 0.6 is 0 Å². The third kappa shape index (κ3) is 2.79. The largest absolute Gasteiger partial charge is 0.465 e. The Labute approximate surface area is 104 Å². The number of nitrogens with two attached hydrogens (primary N) is 2. The van der Waals surface area contributed by atoms with Crippen molar-refractivity contribution in [3.05, 3.63) is 29.8 Å². The standard InChI is InChI=1S/C12H14N2O4/c1-6(2)11(15)18-10-8(12(16)17-3)4-7(13)5-9(10)14/h4-5H,1,13-14H2,2-3H3. The number of esters is 2. The van der Waals surface area contributed by atoms with Gasteiger partial charge in [-0.25, -0.2) is 9.59 Å². The molecule has 0 aliphatic heterocycles. The van der Waals surface area contributed by atoms with E-state index in [0.29, 0.717) is 0 Å². The number of carbonyl (C=O) groups is 2. The molecule has 18 heavy (non-hydrogen) atoms. The molecule has 0 bridgehead atoms. The van der Waals surface area contributed by atoms with E-state index in [2.05, 4.69) is 11.3 Å². The molecule has 1 aromatic carbocycles. The second kappa shape index (κ2) is 5.22. The highest BCUT2D eigenvalue weighted by molar-refractivity contribution is 5.98. The van der Waals surface area contributed by atoms with Gasteiger partial charge in [0.25, 0.3) is 0 Å². The molecule has 4 N–H and O–H groups in total. The SMILES string of the molecule is C=C(C)C(=O)Oc1c(N)cc(N)cc1C(=O)OC. The molecule has 0 fully saturated rings. The molecule has 1 rings (SSSR count). The highest BCUT2D eigenvalue weighted by atomic mass is 16.5. The van der Waals surface area contributed by atoms with Gasteiger partial charge in [-0.3, -0.25) is 0 Å². The summed E-state index contributed by atoms with van der Waals surface area (Å²) in [5.41, 5.74) is 11.7. The van der Waals surface area contributed by atoms with Gasteiger partial charge in [0.05, 0.1) is 12.8 Å². The van der Waals surface area contributed by atoms with Gasteiger partial charge in [-0.2, -0.15) is 0 Å². The van der Waals surface area contributed by atoms with Crippen molar-refractivity contribution in [3.63, 3.8) is 0 Å². The van der Waals surface area contributed by atoms with E-state index in [9.17, 15) is 9.59 Å². The van der Waals surface area contributed by atoms with Gasteiger partial charge in [-0.05, 0) is 19.1 Å². The first-order valence-electron chi connectivity index (χ1n) is 5.01. The molecular formula is C12H14N2O4. The first-order valence-corrected chi connectivity index (χ1v) is 5.01. The van der Waals surface area contributed by atoms with Gasteiger partial charge in [0, 0.05) is 11.3 Å². The smallest absolute Gasteiger partial charge is 0.341 e. The molecular weight excluding hydrogens is 236 g/mol. The van der Waals surface area contributed by atoms with Crippen molar-refractivity contribution >= 4 is 23.3 Å². The number of methoxy groups -OCH3 is 1. The summed E-state index contributed by atoms with van der Waals surface area (Å²) in [6.07, 6.45) is 0. The lowest BCUT2D eigenvalue weighted by Gasteiger charge is -2.12. The summed E-state index contributed by atoms with van der Waals surface area (Å²) in [6.45, 7) is 4.92. The fourth-order valence-corrected chi connectivity index (χ4v) is 1.23. The molecule has 0 saturated heterocycles. The van der Waals surface area contributed by atoms with Crippen molar-refractivity contribution in [2.24, 2.45) is 0 Å². The molecule has 1 aromatic rings. The summed E-state index contributed by atoms with van der Waals surface area (Å²) in [7, 11) is 1.20. The normalized spacial score (nSPS) is 9.67. The summed E-state index contributed by atoms with van der Waals surface area (Å²) in [4.78, 5) is 23.0. The Kier molecular flexibility index (Phi) is 3.93. The molecule has 0 heterocycles. The lowest BCUT2D eigenvalue weighted by molar-refractivity contribution is -0.130. The lowest BCUT2D eigenvalue weighted by atomic mass is 10.1. The van der Waals surface area contributed by atoms with Crippen LogP contribution in [0.4, 0.5) is 11.4 Å². The molecule has 0 aliphatic carbocycles. The van der Waals surface area contributed by atoms with E-state index in [1.807, 2.05) is 0 Å². The monoisotopic (exact) mass is 250 g/mol. The Morgan fingerprint density at radius 1 is 1.28 bits per heavy atom. The van der Waals surface area contributed by atoms with E-state index in [1.54, 1.807) is 0 Å². The van der Waals surface area contributed by atoms with Crippen molar-refractivity contribution in [1.82, 2.24) is 0 Å². The first-order chi connectivity index (χ1) is 8.36. The number of rotatable bonds is 3. The minimum absolute atomic E-state index is 0.00963. The number of carbonyl (C=O) groups excluding carboxylic acids is 2. The molecule has 0 amide bonds. The molecule has 6 heteroatoms. The lowest BCUT2D eigenvalue weighted by Crippen LogP contribution is -2.14. The van der Waals surface area contributed by atoms with Crippen molar-refractivity contribution in [3.8, 4) is 5.75 Å². The zero-order valence-corrected chi connectivity index (χ0v) is 10.1. The Bertz CT molecular complexity index is 523. The molecule has 96 valence electrons. The van der Waals surface area contributed by atoms with Crippen LogP contribution in [0.25, 0.3) is 0 Å². The Hall–Kier alpha value is -2.50. The average Bonchev–Trinajstić information content (AvgIpc) is 2.30. The molecule has 0 aromatic heterocycles. The fraction of sp³-hybridized carbons (Fsp3) is 0.167. The van der Waals surface area contributed by atoms with Crippen LogP contribution in [0.5, 0.6) is 5.75 Å². The Morgan fingerprint density at radius 3 is 2.39 bits per heavy atom. The van der Waals surface area contributed by atoms with Crippen LogP contribution in [-0.2, 0) is 9.53 Å². The third-order valence-electron chi connectivity index (χ3n) is 2.09. The molecule has 6 nitrogen and oxygen atoms in total. The highest BCUT2D eigenvalue weighted by Gasteiger charge is 2.20. The van der Waals surface area contributed by atoms with Crippen LogP contribution in [0.1, 0.15) is 17.3 Å². The zero-order valence-electron chi connectivity index (χ0n) is 10.1. The number of anilines is 2. The average molecular weight is 250 g/mol. The van der Waals surface area contributed by atoms with Crippen molar-refractivity contribution in [2.45, 2.75) is 6.92 Å². The Balaban J connectivity index is 3.28. The maximum atomic E-state index is 11.5. The van der Waals surface area contributed by atoms with Gasteiger partial charge in [-0.15, -0.1) is 0 Å². The van der Waals surface area contributed by atoms with Crippen LogP contribution in [-0.4, -0.2) is 19.0 Å². The van der Waals surface area contributed by atoms with E-state index in [-0.39, 0.29) is 28.3 Å². The van der Waals surface area contributed by atoms with Crippen LogP contribution in [0.15, 0.2) is 24.3 Å². The maximum absolute atomic E-state index is 11.5. The summed E-state index contributed by atoms with van der Waals surface area (Å²) < 4.78 is 9.56. The van der Waals surface area contributed by atoms with Crippen LogP contribution in [0, 0.1) is 0 Å².